The predicted molar refractivity (Wildman–Crippen MR) is 98.6 cm³/mol. The average molecular weight is 435 g/mol. The molecule has 0 radical (unpaired) electrons. The number of carboxylic acids is 2. The first-order valence-corrected chi connectivity index (χ1v) is 9.61. The summed E-state index contributed by atoms with van der Waals surface area (Å²) in [5.41, 5.74) is 2.46. The highest BCUT2D eigenvalue weighted by atomic mass is 19.4. The fraction of sp³-hybridized carbons (Fsp3) is 0.600. The maximum Gasteiger partial charge on any atom is 0.490 e. The first-order valence-electron chi connectivity index (χ1n) is 9.61. The predicted octanol–water partition coefficient (Wildman–Crippen LogP) is 3.47. The summed E-state index contributed by atoms with van der Waals surface area (Å²) in [6.07, 6.45) is -2.61. The number of aliphatic carboxylic acids is 2. The lowest BCUT2D eigenvalue weighted by molar-refractivity contribution is -0.192. The smallest absolute Gasteiger partial charge is 0.481 e. The van der Waals surface area contributed by atoms with E-state index in [1.165, 1.54) is 11.1 Å². The molecule has 30 heavy (non-hydrogen) atoms. The van der Waals surface area contributed by atoms with Gasteiger partial charge in [0.1, 0.15) is 5.67 Å². The molecule has 3 N–H and O–H groups in total. The number of halogens is 4. The number of hydrogen-bond donors (Lipinski definition) is 3. The summed E-state index contributed by atoms with van der Waals surface area (Å²) < 4.78 is 51.9. The van der Waals surface area contributed by atoms with Gasteiger partial charge in [-0.15, -0.1) is 0 Å². The fourth-order valence-electron chi connectivity index (χ4n) is 3.52. The largest absolute Gasteiger partial charge is 0.490 e. The molecule has 2 aliphatic rings. The summed E-state index contributed by atoms with van der Waals surface area (Å²) in [5.74, 6) is -3.92. The van der Waals surface area contributed by atoms with Gasteiger partial charge in [0.05, 0.1) is 19.1 Å². The van der Waals surface area contributed by atoms with Gasteiger partial charge in [0.25, 0.3) is 0 Å². The Kier molecular flexibility index (Phi) is 8.19. The fourth-order valence-corrected chi connectivity index (χ4v) is 3.52. The van der Waals surface area contributed by atoms with E-state index in [0.717, 1.165) is 18.6 Å². The first-order chi connectivity index (χ1) is 14.0. The summed E-state index contributed by atoms with van der Waals surface area (Å²) in [5, 5.41) is 19.3. The lowest BCUT2D eigenvalue weighted by atomic mass is 9.80. The van der Waals surface area contributed by atoms with E-state index in [1.807, 2.05) is 0 Å². The van der Waals surface area contributed by atoms with Crippen LogP contribution in [0.3, 0.4) is 0 Å². The zero-order valence-corrected chi connectivity index (χ0v) is 16.3. The second-order valence-electron chi connectivity index (χ2n) is 7.58. The normalized spacial score (nSPS) is 23.7. The van der Waals surface area contributed by atoms with E-state index in [4.69, 9.17) is 19.7 Å². The second-order valence-corrected chi connectivity index (χ2v) is 7.58. The third-order valence-corrected chi connectivity index (χ3v) is 5.29. The minimum Gasteiger partial charge on any atom is -0.481 e. The molecule has 3 rings (SSSR count). The van der Waals surface area contributed by atoms with Gasteiger partial charge in [0.2, 0.25) is 0 Å². The number of hydrogen-bond acceptors (Lipinski definition) is 4. The number of rotatable bonds is 5. The van der Waals surface area contributed by atoms with Gasteiger partial charge >= 0.3 is 18.1 Å². The van der Waals surface area contributed by atoms with E-state index < -0.39 is 23.8 Å². The summed E-state index contributed by atoms with van der Waals surface area (Å²) >= 11 is 0. The molecule has 1 aliphatic carbocycles. The van der Waals surface area contributed by atoms with Crippen LogP contribution in [0.25, 0.3) is 0 Å². The van der Waals surface area contributed by atoms with E-state index in [1.54, 1.807) is 0 Å². The Labute approximate surface area is 171 Å². The summed E-state index contributed by atoms with van der Waals surface area (Å²) in [6.45, 7) is 2.38. The van der Waals surface area contributed by atoms with Crippen LogP contribution in [0.2, 0.25) is 0 Å². The summed E-state index contributed by atoms with van der Waals surface area (Å²) in [7, 11) is 0. The maximum atomic E-state index is 14.7. The van der Waals surface area contributed by atoms with Crippen molar-refractivity contribution in [1.29, 1.82) is 0 Å². The zero-order chi connectivity index (χ0) is 22.4. The van der Waals surface area contributed by atoms with Crippen molar-refractivity contribution in [2.24, 2.45) is 5.92 Å². The zero-order valence-electron chi connectivity index (χ0n) is 16.3. The third kappa shape index (κ3) is 7.24. The van der Waals surface area contributed by atoms with Gasteiger partial charge in [-0.1, -0.05) is 18.2 Å². The molecule has 1 saturated carbocycles. The number of ether oxygens (including phenoxy) is 1. The molecule has 0 unspecified atom stereocenters. The van der Waals surface area contributed by atoms with E-state index in [9.17, 15) is 22.4 Å². The topological polar surface area (TPSA) is 95.9 Å². The molecule has 0 bridgehead atoms. The average Bonchev–Trinajstić information content (AvgIpc) is 2.68. The highest BCUT2D eigenvalue weighted by Crippen LogP contribution is 2.35. The summed E-state index contributed by atoms with van der Waals surface area (Å²) in [6, 6.07) is 6.33. The van der Waals surface area contributed by atoms with E-state index in [0.29, 0.717) is 45.4 Å². The molecule has 1 aromatic rings. The van der Waals surface area contributed by atoms with Crippen LogP contribution >= 0.6 is 0 Å². The van der Waals surface area contributed by atoms with Gasteiger partial charge < -0.3 is 20.3 Å². The first kappa shape index (κ1) is 24.1. The Balaban J connectivity index is 0.000000396. The Morgan fingerprint density at radius 1 is 1.17 bits per heavy atom. The van der Waals surface area contributed by atoms with Crippen LogP contribution in [0.4, 0.5) is 17.6 Å². The van der Waals surface area contributed by atoms with E-state index in [-0.39, 0.29) is 5.92 Å². The molecular weight excluding hydrogens is 410 g/mol. The van der Waals surface area contributed by atoms with Crippen LogP contribution in [0.15, 0.2) is 18.2 Å². The number of benzene rings is 1. The SMILES string of the molecule is O=C(O)C(F)(F)F.O=C(O)C1CCC(F)(CNCc2ccc3c(c2)CCOC3)CC1. The molecule has 1 aromatic carbocycles. The summed E-state index contributed by atoms with van der Waals surface area (Å²) in [4.78, 5) is 19.8. The van der Waals surface area contributed by atoms with Crippen molar-refractivity contribution in [2.75, 3.05) is 13.2 Å². The van der Waals surface area contributed by atoms with Gasteiger partial charge in [0.15, 0.2) is 0 Å². The van der Waals surface area contributed by atoms with Gasteiger partial charge in [-0.25, -0.2) is 9.18 Å². The number of carbonyl (C=O) groups is 2. The van der Waals surface area contributed by atoms with Crippen molar-refractivity contribution in [1.82, 2.24) is 5.32 Å². The second kappa shape index (κ2) is 10.2. The molecule has 1 heterocycles. The van der Waals surface area contributed by atoms with E-state index in [2.05, 4.69) is 23.5 Å². The molecule has 0 aromatic heterocycles. The number of fused-ring (bicyclic) bond motifs is 1. The van der Waals surface area contributed by atoms with Crippen molar-refractivity contribution in [3.05, 3.63) is 34.9 Å². The molecule has 1 fully saturated rings. The van der Waals surface area contributed by atoms with Crippen molar-refractivity contribution in [2.45, 2.75) is 57.1 Å². The Hall–Kier alpha value is -2.20. The minimum absolute atomic E-state index is 0.291. The lowest BCUT2D eigenvalue weighted by Gasteiger charge is -2.32. The minimum atomic E-state index is -5.08. The monoisotopic (exact) mass is 435 g/mol. The number of carboxylic acid groups (broad SMARTS) is 2. The maximum absolute atomic E-state index is 14.7. The van der Waals surface area contributed by atoms with Crippen molar-refractivity contribution >= 4 is 11.9 Å². The molecule has 10 heteroatoms. The molecule has 0 spiro atoms. The van der Waals surface area contributed by atoms with Crippen LogP contribution < -0.4 is 5.32 Å². The number of alkyl halides is 4. The van der Waals surface area contributed by atoms with Crippen molar-refractivity contribution in [3.63, 3.8) is 0 Å². The lowest BCUT2D eigenvalue weighted by Crippen LogP contribution is -2.40. The van der Waals surface area contributed by atoms with Crippen LogP contribution in [0, 0.1) is 5.92 Å². The quantitative estimate of drug-likeness (QED) is 0.613. The molecule has 0 amide bonds. The standard InChI is InChI=1S/C18H24FNO3.C2HF3O2/c19-18(6-3-14(4-7-18)17(21)22)12-20-10-13-1-2-16-11-23-8-5-15(16)9-13;3-2(4,5)1(6)7/h1-2,9,14,20H,3-8,10-12H2,(H,21,22);(H,6,7). The van der Waals surface area contributed by atoms with Crippen molar-refractivity contribution < 1.29 is 42.1 Å². The van der Waals surface area contributed by atoms with Gasteiger partial charge in [-0.3, -0.25) is 4.79 Å². The Bertz CT molecular complexity index is 745. The van der Waals surface area contributed by atoms with Crippen LogP contribution in [0.1, 0.15) is 42.4 Å². The molecule has 0 saturated heterocycles. The molecule has 6 nitrogen and oxygen atoms in total. The van der Waals surface area contributed by atoms with Gasteiger partial charge in [-0.2, -0.15) is 13.2 Å². The van der Waals surface area contributed by atoms with Gasteiger partial charge in [-0.05, 0) is 48.8 Å². The van der Waals surface area contributed by atoms with Crippen LogP contribution in [-0.4, -0.2) is 47.1 Å². The Morgan fingerprint density at radius 3 is 2.37 bits per heavy atom. The molecule has 1 aliphatic heterocycles. The molecule has 168 valence electrons. The van der Waals surface area contributed by atoms with Gasteiger partial charge in [0, 0.05) is 13.1 Å². The Morgan fingerprint density at radius 2 is 1.80 bits per heavy atom. The highest BCUT2D eigenvalue weighted by Gasteiger charge is 2.38. The van der Waals surface area contributed by atoms with Crippen LogP contribution in [0.5, 0.6) is 0 Å². The molecular formula is C20H25F4NO5. The number of nitrogens with one attached hydrogen (secondary N) is 1. The van der Waals surface area contributed by atoms with Crippen LogP contribution in [-0.2, 0) is 33.9 Å². The van der Waals surface area contributed by atoms with E-state index >= 15 is 0 Å². The molecule has 0 atom stereocenters. The third-order valence-electron chi connectivity index (χ3n) is 5.29. The van der Waals surface area contributed by atoms with Crippen molar-refractivity contribution in [3.8, 4) is 0 Å². The highest BCUT2D eigenvalue weighted by molar-refractivity contribution is 5.73.